The Morgan fingerprint density at radius 1 is 1.04 bits per heavy atom. The molecule has 1 aromatic rings. The molecule has 1 saturated heterocycles. The minimum Gasteiger partial charge on any atom is -0.493 e. The molecule has 3 rings (SSSR count). The standard InChI is InChI=1S/C18H28N2O3/c1-21-16-7-6-14(17(22-2)18(16)23-3)15(12-13-4-5-13)20-10-8-19-9-11-20/h6-7,13,15,19H,4-5,8-12H2,1-3H3/t15-/m0/s1. The SMILES string of the molecule is COc1ccc([C@H](CC2CC2)N2CCNCC2)c(OC)c1OC. The summed E-state index contributed by atoms with van der Waals surface area (Å²) >= 11 is 0. The summed E-state index contributed by atoms with van der Waals surface area (Å²) < 4.78 is 16.7. The van der Waals surface area contributed by atoms with Gasteiger partial charge in [-0.1, -0.05) is 12.8 Å². The van der Waals surface area contributed by atoms with E-state index in [9.17, 15) is 0 Å². The lowest BCUT2D eigenvalue weighted by molar-refractivity contribution is 0.157. The van der Waals surface area contributed by atoms with Crippen molar-refractivity contribution in [2.24, 2.45) is 5.92 Å². The fourth-order valence-corrected chi connectivity index (χ4v) is 3.52. The Morgan fingerprint density at radius 3 is 2.30 bits per heavy atom. The highest BCUT2D eigenvalue weighted by Crippen LogP contribution is 2.47. The van der Waals surface area contributed by atoms with Crippen molar-refractivity contribution in [2.75, 3.05) is 47.5 Å². The maximum absolute atomic E-state index is 5.74. The quantitative estimate of drug-likeness (QED) is 0.836. The summed E-state index contributed by atoms with van der Waals surface area (Å²) in [7, 11) is 5.05. The van der Waals surface area contributed by atoms with E-state index in [0.29, 0.717) is 11.8 Å². The molecule has 1 aliphatic heterocycles. The first-order valence-corrected chi connectivity index (χ1v) is 8.52. The molecule has 1 heterocycles. The first-order chi connectivity index (χ1) is 11.3. The van der Waals surface area contributed by atoms with Crippen LogP contribution in [0.25, 0.3) is 0 Å². The molecule has 2 aliphatic rings. The monoisotopic (exact) mass is 320 g/mol. The van der Waals surface area contributed by atoms with Gasteiger partial charge in [-0.15, -0.1) is 0 Å². The minimum atomic E-state index is 0.388. The lowest BCUT2D eigenvalue weighted by atomic mass is 9.97. The van der Waals surface area contributed by atoms with E-state index < -0.39 is 0 Å². The predicted octanol–water partition coefficient (Wildman–Crippen LogP) is 2.46. The molecule has 1 saturated carbocycles. The number of ether oxygens (including phenoxy) is 3. The molecular weight excluding hydrogens is 292 g/mol. The van der Waals surface area contributed by atoms with Crippen molar-refractivity contribution >= 4 is 0 Å². The van der Waals surface area contributed by atoms with Gasteiger partial charge in [0.05, 0.1) is 21.3 Å². The van der Waals surface area contributed by atoms with E-state index in [0.717, 1.165) is 43.6 Å². The summed E-state index contributed by atoms with van der Waals surface area (Å²) in [5, 5.41) is 3.44. The van der Waals surface area contributed by atoms with Crippen molar-refractivity contribution in [3.05, 3.63) is 17.7 Å². The third-order valence-corrected chi connectivity index (χ3v) is 4.94. The van der Waals surface area contributed by atoms with Crippen LogP contribution in [0.3, 0.4) is 0 Å². The molecule has 5 nitrogen and oxygen atoms in total. The molecule has 0 bridgehead atoms. The molecule has 23 heavy (non-hydrogen) atoms. The van der Waals surface area contributed by atoms with Crippen molar-refractivity contribution in [1.29, 1.82) is 0 Å². The second kappa shape index (κ2) is 7.41. The average Bonchev–Trinajstić information content (AvgIpc) is 3.43. The minimum absolute atomic E-state index is 0.388. The van der Waals surface area contributed by atoms with Gasteiger partial charge in [-0.05, 0) is 24.5 Å². The summed E-state index contributed by atoms with van der Waals surface area (Å²) in [6.45, 7) is 4.26. The van der Waals surface area contributed by atoms with Crippen LogP contribution in [0, 0.1) is 5.92 Å². The van der Waals surface area contributed by atoms with Gasteiger partial charge in [0.1, 0.15) is 0 Å². The van der Waals surface area contributed by atoms with E-state index in [4.69, 9.17) is 14.2 Å². The first-order valence-electron chi connectivity index (χ1n) is 8.52. The molecule has 0 unspecified atom stereocenters. The van der Waals surface area contributed by atoms with Crippen molar-refractivity contribution in [1.82, 2.24) is 10.2 Å². The molecule has 0 radical (unpaired) electrons. The van der Waals surface area contributed by atoms with Crippen LogP contribution in [0.2, 0.25) is 0 Å². The van der Waals surface area contributed by atoms with E-state index in [2.05, 4.69) is 16.3 Å². The number of hydrogen-bond donors (Lipinski definition) is 1. The van der Waals surface area contributed by atoms with Gasteiger partial charge in [0.25, 0.3) is 0 Å². The third-order valence-electron chi connectivity index (χ3n) is 4.94. The van der Waals surface area contributed by atoms with Crippen molar-refractivity contribution in [2.45, 2.75) is 25.3 Å². The molecule has 2 fully saturated rings. The molecule has 0 amide bonds. The number of piperazine rings is 1. The molecule has 0 aromatic heterocycles. The Kier molecular flexibility index (Phi) is 5.28. The molecule has 1 aromatic carbocycles. The van der Waals surface area contributed by atoms with E-state index >= 15 is 0 Å². The van der Waals surface area contributed by atoms with Gasteiger partial charge < -0.3 is 19.5 Å². The zero-order chi connectivity index (χ0) is 16.2. The smallest absolute Gasteiger partial charge is 0.203 e. The normalized spacial score (nSPS) is 20.1. The third kappa shape index (κ3) is 3.56. The Morgan fingerprint density at radius 2 is 1.74 bits per heavy atom. The van der Waals surface area contributed by atoms with Gasteiger partial charge in [0.2, 0.25) is 5.75 Å². The Hall–Kier alpha value is -1.46. The molecule has 1 atom stereocenters. The summed E-state index contributed by atoms with van der Waals surface area (Å²) in [5.41, 5.74) is 1.22. The summed E-state index contributed by atoms with van der Waals surface area (Å²) in [5.74, 6) is 3.09. The van der Waals surface area contributed by atoms with Gasteiger partial charge in [-0.25, -0.2) is 0 Å². The zero-order valence-electron chi connectivity index (χ0n) is 14.4. The number of nitrogens with zero attached hydrogens (tertiary/aromatic N) is 1. The van der Waals surface area contributed by atoms with E-state index in [1.807, 2.05) is 6.07 Å². The lowest BCUT2D eigenvalue weighted by Crippen LogP contribution is -2.45. The lowest BCUT2D eigenvalue weighted by Gasteiger charge is -2.36. The second-order valence-corrected chi connectivity index (χ2v) is 6.40. The van der Waals surface area contributed by atoms with Crippen LogP contribution < -0.4 is 19.5 Å². The van der Waals surface area contributed by atoms with Crippen LogP contribution in [0.5, 0.6) is 17.2 Å². The molecule has 5 heteroatoms. The highest BCUT2D eigenvalue weighted by molar-refractivity contribution is 5.56. The van der Waals surface area contributed by atoms with Crippen LogP contribution in [-0.4, -0.2) is 52.4 Å². The fraction of sp³-hybridized carbons (Fsp3) is 0.667. The maximum atomic E-state index is 5.74. The van der Waals surface area contributed by atoms with Gasteiger partial charge in [-0.2, -0.15) is 0 Å². The largest absolute Gasteiger partial charge is 0.493 e. The summed E-state index contributed by atoms with van der Waals surface area (Å²) in [4.78, 5) is 2.58. The van der Waals surface area contributed by atoms with Gasteiger partial charge in [0, 0.05) is 37.8 Å². The van der Waals surface area contributed by atoms with Crippen molar-refractivity contribution in [3.8, 4) is 17.2 Å². The number of hydrogen-bond acceptors (Lipinski definition) is 5. The Labute approximate surface area is 138 Å². The maximum Gasteiger partial charge on any atom is 0.203 e. The molecule has 0 spiro atoms. The fourth-order valence-electron chi connectivity index (χ4n) is 3.52. The van der Waals surface area contributed by atoms with Crippen LogP contribution in [0.15, 0.2) is 12.1 Å². The summed E-state index contributed by atoms with van der Waals surface area (Å²) in [6.07, 6.45) is 3.92. The number of rotatable bonds is 7. The number of nitrogens with one attached hydrogen (secondary N) is 1. The number of benzene rings is 1. The van der Waals surface area contributed by atoms with Gasteiger partial charge >= 0.3 is 0 Å². The van der Waals surface area contributed by atoms with E-state index in [1.165, 1.54) is 24.8 Å². The summed E-state index contributed by atoms with van der Waals surface area (Å²) in [6, 6.07) is 4.54. The van der Waals surface area contributed by atoms with Gasteiger partial charge in [0.15, 0.2) is 11.5 Å². The van der Waals surface area contributed by atoms with Crippen molar-refractivity contribution in [3.63, 3.8) is 0 Å². The second-order valence-electron chi connectivity index (χ2n) is 6.40. The first kappa shape index (κ1) is 16.4. The van der Waals surface area contributed by atoms with E-state index in [-0.39, 0.29) is 0 Å². The van der Waals surface area contributed by atoms with Gasteiger partial charge in [-0.3, -0.25) is 4.90 Å². The molecule has 128 valence electrons. The number of methoxy groups -OCH3 is 3. The van der Waals surface area contributed by atoms with E-state index in [1.54, 1.807) is 21.3 Å². The topological polar surface area (TPSA) is 43.0 Å². The average molecular weight is 320 g/mol. The zero-order valence-corrected chi connectivity index (χ0v) is 14.4. The Bertz CT molecular complexity index is 525. The highest BCUT2D eigenvalue weighted by atomic mass is 16.5. The van der Waals surface area contributed by atoms with Crippen molar-refractivity contribution < 1.29 is 14.2 Å². The molecule has 1 N–H and O–H groups in total. The van der Waals surface area contributed by atoms with Crippen LogP contribution >= 0.6 is 0 Å². The van der Waals surface area contributed by atoms with Crippen LogP contribution in [0.1, 0.15) is 30.9 Å². The highest BCUT2D eigenvalue weighted by Gasteiger charge is 2.33. The van der Waals surface area contributed by atoms with Crippen LogP contribution in [0.4, 0.5) is 0 Å². The van der Waals surface area contributed by atoms with Crippen LogP contribution in [-0.2, 0) is 0 Å². The predicted molar refractivity (Wildman–Crippen MR) is 90.6 cm³/mol. The molecular formula is C18H28N2O3. The Balaban J connectivity index is 1.96. The molecule has 1 aliphatic carbocycles.